The number of ether oxygens (including phenoxy) is 2. The minimum Gasteiger partial charge on any atom is -0.394 e. The summed E-state index contributed by atoms with van der Waals surface area (Å²) in [6.45, 7) is -0.322. The highest BCUT2D eigenvalue weighted by Crippen LogP contribution is 2.33. The van der Waals surface area contributed by atoms with Crippen molar-refractivity contribution < 1.29 is 24.8 Å². The van der Waals surface area contributed by atoms with Gasteiger partial charge in [0.1, 0.15) is 30.5 Å². The second kappa shape index (κ2) is 5.77. The Morgan fingerprint density at radius 3 is 2.39 bits per heavy atom. The van der Waals surface area contributed by atoms with E-state index >= 15 is 0 Å². The normalized spacial score (nSPS) is 36.6. The van der Waals surface area contributed by atoms with Gasteiger partial charge in [0.05, 0.1) is 6.61 Å². The summed E-state index contributed by atoms with van der Waals surface area (Å²) in [5.41, 5.74) is 0.789. The van der Waals surface area contributed by atoms with Crippen molar-refractivity contribution in [3.8, 4) is 0 Å². The first-order valence-corrected chi connectivity index (χ1v) is 5.89. The molecule has 3 N–H and O–H groups in total. The standard InChI is InChI=1S/C13H18O5/c1-17-13-10(15)9(7-14)18-12(11(13)16)8-5-3-2-4-6-8/h2-6,9-16H,7H2,1H3/t9-,10-,11+,12+,13+/m1/s1. The predicted octanol–water partition coefficient (Wildman–Crippen LogP) is -0.144. The first-order chi connectivity index (χ1) is 8.69. The van der Waals surface area contributed by atoms with Gasteiger partial charge in [0, 0.05) is 7.11 Å². The van der Waals surface area contributed by atoms with Crippen molar-refractivity contribution in [2.24, 2.45) is 0 Å². The van der Waals surface area contributed by atoms with Gasteiger partial charge >= 0.3 is 0 Å². The van der Waals surface area contributed by atoms with Crippen LogP contribution in [0.5, 0.6) is 0 Å². The van der Waals surface area contributed by atoms with Gasteiger partial charge in [-0.15, -0.1) is 0 Å². The lowest BCUT2D eigenvalue weighted by Gasteiger charge is -2.41. The van der Waals surface area contributed by atoms with Crippen LogP contribution >= 0.6 is 0 Å². The Hall–Kier alpha value is -0.980. The van der Waals surface area contributed by atoms with Crippen molar-refractivity contribution in [3.63, 3.8) is 0 Å². The van der Waals surface area contributed by atoms with Crippen LogP contribution in [0, 0.1) is 0 Å². The summed E-state index contributed by atoms with van der Waals surface area (Å²) in [4.78, 5) is 0. The maximum atomic E-state index is 10.2. The number of rotatable bonds is 3. The molecule has 5 nitrogen and oxygen atoms in total. The van der Waals surface area contributed by atoms with Crippen LogP contribution < -0.4 is 0 Å². The van der Waals surface area contributed by atoms with E-state index in [-0.39, 0.29) is 6.61 Å². The molecule has 0 saturated carbocycles. The monoisotopic (exact) mass is 254 g/mol. The molecule has 0 aliphatic carbocycles. The van der Waals surface area contributed by atoms with Crippen LogP contribution in [-0.4, -0.2) is 53.5 Å². The summed E-state index contributed by atoms with van der Waals surface area (Å²) in [5.74, 6) is 0. The van der Waals surface area contributed by atoms with Gasteiger partial charge in [-0.3, -0.25) is 0 Å². The summed E-state index contributed by atoms with van der Waals surface area (Å²) in [7, 11) is 1.42. The fourth-order valence-corrected chi connectivity index (χ4v) is 2.28. The third-order valence-corrected chi connectivity index (χ3v) is 3.27. The van der Waals surface area contributed by atoms with Crippen LogP contribution in [0.1, 0.15) is 11.7 Å². The zero-order valence-electron chi connectivity index (χ0n) is 10.1. The number of aliphatic hydroxyl groups excluding tert-OH is 3. The fourth-order valence-electron chi connectivity index (χ4n) is 2.28. The third-order valence-electron chi connectivity index (χ3n) is 3.27. The lowest BCUT2D eigenvalue weighted by atomic mass is 9.91. The first kappa shape index (κ1) is 13.5. The van der Waals surface area contributed by atoms with Crippen LogP contribution in [0.25, 0.3) is 0 Å². The molecule has 100 valence electrons. The zero-order valence-corrected chi connectivity index (χ0v) is 10.1. The van der Waals surface area contributed by atoms with E-state index in [1.807, 2.05) is 30.3 Å². The molecule has 1 fully saturated rings. The van der Waals surface area contributed by atoms with Gasteiger partial charge in [0.15, 0.2) is 0 Å². The largest absolute Gasteiger partial charge is 0.394 e. The maximum Gasteiger partial charge on any atom is 0.114 e. The van der Waals surface area contributed by atoms with Gasteiger partial charge in [-0.05, 0) is 5.56 Å². The molecule has 0 spiro atoms. The topological polar surface area (TPSA) is 79.2 Å². The van der Waals surface area contributed by atoms with Crippen molar-refractivity contribution in [1.29, 1.82) is 0 Å². The summed E-state index contributed by atoms with van der Waals surface area (Å²) in [5, 5.41) is 29.3. The first-order valence-electron chi connectivity index (χ1n) is 5.89. The van der Waals surface area contributed by atoms with E-state index in [1.165, 1.54) is 7.11 Å². The Labute approximate surface area is 106 Å². The summed E-state index contributed by atoms with van der Waals surface area (Å²) >= 11 is 0. The van der Waals surface area contributed by atoms with E-state index in [0.717, 1.165) is 5.56 Å². The van der Waals surface area contributed by atoms with Gasteiger partial charge in [0.25, 0.3) is 0 Å². The van der Waals surface area contributed by atoms with Crippen molar-refractivity contribution in [2.75, 3.05) is 13.7 Å². The molecule has 5 atom stereocenters. The number of aliphatic hydroxyl groups is 3. The van der Waals surface area contributed by atoms with Gasteiger partial charge < -0.3 is 24.8 Å². The Balaban J connectivity index is 2.25. The smallest absolute Gasteiger partial charge is 0.114 e. The molecule has 0 bridgehead atoms. The second-order valence-corrected chi connectivity index (χ2v) is 4.37. The van der Waals surface area contributed by atoms with E-state index in [1.54, 1.807) is 0 Å². The highest BCUT2D eigenvalue weighted by Gasteiger charge is 2.44. The summed E-state index contributed by atoms with van der Waals surface area (Å²) in [6.07, 6.45) is -4.17. The molecule has 0 unspecified atom stereocenters. The molecule has 1 aromatic carbocycles. The van der Waals surface area contributed by atoms with E-state index in [9.17, 15) is 15.3 Å². The average molecular weight is 254 g/mol. The Morgan fingerprint density at radius 1 is 1.17 bits per heavy atom. The second-order valence-electron chi connectivity index (χ2n) is 4.37. The van der Waals surface area contributed by atoms with Crippen molar-refractivity contribution in [3.05, 3.63) is 35.9 Å². The molecule has 1 saturated heterocycles. The molecule has 5 heteroatoms. The van der Waals surface area contributed by atoms with Crippen LogP contribution in [0.2, 0.25) is 0 Å². The lowest BCUT2D eigenvalue weighted by molar-refractivity contribution is -0.238. The van der Waals surface area contributed by atoms with Gasteiger partial charge in [-0.1, -0.05) is 30.3 Å². The van der Waals surface area contributed by atoms with Crippen LogP contribution in [0.15, 0.2) is 30.3 Å². The molecular formula is C13H18O5. The minimum atomic E-state index is -1.05. The van der Waals surface area contributed by atoms with Crippen LogP contribution in [-0.2, 0) is 9.47 Å². The SMILES string of the molecule is CO[C@@H]1[C@@H](O)[C@H](c2ccccc2)O[C@H](CO)[C@H]1O. The number of benzene rings is 1. The molecule has 0 aromatic heterocycles. The number of hydrogen-bond acceptors (Lipinski definition) is 5. The molecule has 1 heterocycles. The molecule has 1 aliphatic heterocycles. The van der Waals surface area contributed by atoms with E-state index in [4.69, 9.17) is 9.47 Å². The Morgan fingerprint density at radius 2 is 1.83 bits per heavy atom. The van der Waals surface area contributed by atoms with Crippen molar-refractivity contribution >= 4 is 0 Å². The molecule has 0 amide bonds. The Bertz CT molecular complexity index is 369. The average Bonchev–Trinajstić information content (AvgIpc) is 2.41. The Kier molecular flexibility index (Phi) is 4.31. The van der Waals surface area contributed by atoms with E-state index < -0.39 is 30.5 Å². The zero-order chi connectivity index (χ0) is 13.1. The highest BCUT2D eigenvalue weighted by molar-refractivity contribution is 5.20. The fraction of sp³-hybridized carbons (Fsp3) is 0.538. The summed E-state index contributed by atoms with van der Waals surface area (Å²) in [6, 6.07) is 9.20. The summed E-state index contributed by atoms with van der Waals surface area (Å²) < 4.78 is 10.7. The van der Waals surface area contributed by atoms with Gasteiger partial charge in [0.2, 0.25) is 0 Å². The van der Waals surface area contributed by atoms with Gasteiger partial charge in [-0.2, -0.15) is 0 Å². The third kappa shape index (κ3) is 2.41. The number of methoxy groups -OCH3 is 1. The van der Waals surface area contributed by atoms with Crippen LogP contribution in [0.4, 0.5) is 0 Å². The molecule has 1 aliphatic rings. The van der Waals surface area contributed by atoms with Crippen molar-refractivity contribution in [2.45, 2.75) is 30.5 Å². The molecule has 18 heavy (non-hydrogen) atoms. The van der Waals surface area contributed by atoms with E-state index in [2.05, 4.69) is 0 Å². The minimum absolute atomic E-state index is 0.322. The lowest BCUT2D eigenvalue weighted by Crippen LogP contribution is -2.56. The maximum absolute atomic E-state index is 10.2. The van der Waals surface area contributed by atoms with E-state index in [0.29, 0.717) is 0 Å². The number of hydrogen-bond donors (Lipinski definition) is 3. The molecular weight excluding hydrogens is 236 g/mol. The highest BCUT2D eigenvalue weighted by atomic mass is 16.6. The van der Waals surface area contributed by atoms with Gasteiger partial charge in [-0.25, -0.2) is 0 Å². The molecule has 1 aromatic rings. The predicted molar refractivity (Wildman–Crippen MR) is 64.0 cm³/mol. The molecule has 2 rings (SSSR count). The van der Waals surface area contributed by atoms with Crippen LogP contribution in [0.3, 0.4) is 0 Å². The molecule has 0 radical (unpaired) electrons. The van der Waals surface area contributed by atoms with Crippen molar-refractivity contribution in [1.82, 2.24) is 0 Å². The quantitative estimate of drug-likeness (QED) is 0.699.